The molecular formula is C22H20FN5O. The molecule has 1 N–H and O–H groups in total. The number of rotatable bonds is 5. The molecule has 1 atom stereocenters. The lowest BCUT2D eigenvalue weighted by Crippen LogP contribution is -2.32. The van der Waals surface area contributed by atoms with Crippen LogP contribution in [0.15, 0.2) is 73.2 Å². The quantitative estimate of drug-likeness (QED) is 0.568. The van der Waals surface area contributed by atoms with Gasteiger partial charge in [0.1, 0.15) is 17.7 Å². The predicted molar refractivity (Wildman–Crippen MR) is 107 cm³/mol. The first-order valence-corrected chi connectivity index (χ1v) is 9.19. The Balaban J connectivity index is 1.69. The van der Waals surface area contributed by atoms with Gasteiger partial charge in [-0.2, -0.15) is 5.10 Å². The maximum absolute atomic E-state index is 14.5. The maximum Gasteiger partial charge on any atom is 0.255 e. The van der Waals surface area contributed by atoms with Gasteiger partial charge in [-0.25, -0.2) is 14.1 Å². The van der Waals surface area contributed by atoms with E-state index >= 15 is 0 Å². The summed E-state index contributed by atoms with van der Waals surface area (Å²) in [4.78, 5) is 17.4. The van der Waals surface area contributed by atoms with E-state index in [1.54, 1.807) is 46.9 Å². The number of hydrogen-bond acceptors (Lipinski definition) is 3. The van der Waals surface area contributed by atoms with Gasteiger partial charge >= 0.3 is 0 Å². The van der Waals surface area contributed by atoms with Crippen molar-refractivity contribution in [2.45, 2.75) is 13.0 Å². The van der Waals surface area contributed by atoms with Crippen LogP contribution < -0.4 is 5.32 Å². The number of nitrogens with zero attached hydrogens (tertiary/aromatic N) is 4. The van der Waals surface area contributed by atoms with Crippen molar-refractivity contribution in [3.63, 3.8) is 0 Å². The molecule has 4 aromatic rings. The van der Waals surface area contributed by atoms with E-state index in [2.05, 4.69) is 15.4 Å². The second kappa shape index (κ2) is 7.71. The van der Waals surface area contributed by atoms with Crippen molar-refractivity contribution < 1.29 is 9.18 Å². The Hall–Kier alpha value is -3.74. The number of carbonyl (C=O) groups excluding carboxylic acids is 1. The summed E-state index contributed by atoms with van der Waals surface area (Å²) in [5.74, 6) is -0.213. The summed E-state index contributed by atoms with van der Waals surface area (Å²) in [6, 6.07) is 15.2. The van der Waals surface area contributed by atoms with Crippen molar-refractivity contribution in [1.29, 1.82) is 0 Å². The largest absolute Gasteiger partial charge is 0.338 e. The molecule has 0 radical (unpaired) electrons. The van der Waals surface area contributed by atoms with Crippen molar-refractivity contribution in [1.82, 2.24) is 24.6 Å². The van der Waals surface area contributed by atoms with Crippen LogP contribution >= 0.6 is 0 Å². The molecule has 146 valence electrons. The van der Waals surface area contributed by atoms with E-state index in [1.165, 1.54) is 12.3 Å². The third kappa shape index (κ3) is 3.54. The lowest BCUT2D eigenvalue weighted by atomic mass is 10.0. The molecule has 0 bridgehead atoms. The number of amides is 1. The molecule has 2 aromatic carbocycles. The number of benzene rings is 2. The topological polar surface area (TPSA) is 64.7 Å². The minimum Gasteiger partial charge on any atom is -0.338 e. The number of hydrogen-bond donors (Lipinski definition) is 1. The van der Waals surface area contributed by atoms with E-state index in [9.17, 15) is 9.18 Å². The first-order valence-electron chi connectivity index (χ1n) is 9.19. The van der Waals surface area contributed by atoms with Gasteiger partial charge in [0, 0.05) is 25.0 Å². The second-order valence-electron chi connectivity index (χ2n) is 6.72. The normalized spacial score (nSPS) is 12.0. The van der Waals surface area contributed by atoms with E-state index in [0.717, 1.165) is 5.69 Å². The SMILES string of the molecule is Cc1c(C(=O)N[C@@H](c2ccccc2F)c2nccn2C)cnn1-c1ccccc1. The molecule has 0 spiro atoms. The number of halogens is 1. The molecule has 0 saturated carbocycles. The zero-order valence-corrected chi connectivity index (χ0v) is 16.1. The van der Waals surface area contributed by atoms with Gasteiger partial charge in [0.25, 0.3) is 5.91 Å². The summed E-state index contributed by atoms with van der Waals surface area (Å²) in [7, 11) is 1.81. The van der Waals surface area contributed by atoms with Crippen LogP contribution in [-0.4, -0.2) is 25.2 Å². The van der Waals surface area contributed by atoms with E-state index in [1.807, 2.05) is 37.3 Å². The number of aryl methyl sites for hydroxylation is 1. The summed E-state index contributed by atoms with van der Waals surface area (Å²) in [5, 5.41) is 7.27. The maximum atomic E-state index is 14.5. The Morgan fingerprint density at radius 2 is 1.83 bits per heavy atom. The molecule has 0 saturated heterocycles. The zero-order chi connectivity index (χ0) is 20.4. The summed E-state index contributed by atoms with van der Waals surface area (Å²) in [6.45, 7) is 1.83. The zero-order valence-electron chi connectivity index (χ0n) is 16.1. The molecule has 29 heavy (non-hydrogen) atoms. The molecule has 2 heterocycles. The van der Waals surface area contributed by atoms with Gasteiger partial charge in [0.15, 0.2) is 0 Å². The van der Waals surface area contributed by atoms with E-state index in [-0.39, 0.29) is 5.91 Å². The van der Waals surface area contributed by atoms with Crippen LogP contribution in [0.25, 0.3) is 5.69 Å². The molecule has 1 amide bonds. The molecular weight excluding hydrogens is 369 g/mol. The Kier molecular flexibility index (Phi) is 4.95. The molecule has 0 aliphatic heterocycles. The minimum absolute atomic E-state index is 0.346. The van der Waals surface area contributed by atoms with Crippen LogP contribution in [0.2, 0.25) is 0 Å². The standard InChI is InChI=1S/C22H20FN5O/c1-15-18(14-25-28(15)16-8-4-3-5-9-16)22(29)26-20(21-24-12-13-27(21)2)17-10-6-7-11-19(17)23/h3-14,20H,1-2H3,(H,26,29)/t20-/m0/s1. The number of carbonyl (C=O) groups is 1. The molecule has 2 aromatic heterocycles. The Bertz CT molecular complexity index is 1150. The average Bonchev–Trinajstić information content (AvgIpc) is 3.33. The van der Waals surface area contributed by atoms with Crippen molar-refractivity contribution >= 4 is 5.91 Å². The number of para-hydroxylation sites is 1. The van der Waals surface area contributed by atoms with Gasteiger partial charge < -0.3 is 9.88 Å². The summed E-state index contributed by atoms with van der Waals surface area (Å²) < 4.78 is 18.0. The lowest BCUT2D eigenvalue weighted by Gasteiger charge is -2.19. The van der Waals surface area contributed by atoms with Crippen LogP contribution in [0, 0.1) is 12.7 Å². The van der Waals surface area contributed by atoms with Gasteiger partial charge in [-0.15, -0.1) is 0 Å². The summed E-state index contributed by atoms with van der Waals surface area (Å²) >= 11 is 0. The van der Waals surface area contributed by atoms with Gasteiger partial charge in [0.2, 0.25) is 0 Å². The summed E-state index contributed by atoms with van der Waals surface area (Å²) in [5.41, 5.74) is 2.33. The van der Waals surface area contributed by atoms with E-state index in [4.69, 9.17) is 0 Å². The highest BCUT2D eigenvalue weighted by Gasteiger charge is 2.25. The molecule has 0 aliphatic rings. The Morgan fingerprint density at radius 1 is 1.10 bits per heavy atom. The van der Waals surface area contributed by atoms with Gasteiger partial charge in [0.05, 0.1) is 23.1 Å². The van der Waals surface area contributed by atoms with Crippen molar-refractivity contribution in [2.75, 3.05) is 0 Å². The second-order valence-corrected chi connectivity index (χ2v) is 6.72. The van der Waals surface area contributed by atoms with Crippen LogP contribution in [0.5, 0.6) is 0 Å². The number of nitrogens with one attached hydrogen (secondary N) is 1. The molecule has 7 heteroatoms. The van der Waals surface area contributed by atoms with Gasteiger partial charge in [-0.05, 0) is 25.1 Å². The van der Waals surface area contributed by atoms with Crippen LogP contribution in [0.4, 0.5) is 4.39 Å². The summed E-state index contributed by atoms with van der Waals surface area (Å²) in [6.07, 6.45) is 4.90. The highest BCUT2D eigenvalue weighted by atomic mass is 19.1. The number of imidazole rings is 1. The Morgan fingerprint density at radius 3 is 2.52 bits per heavy atom. The Labute approximate surface area is 167 Å². The first kappa shape index (κ1) is 18.6. The molecule has 6 nitrogen and oxygen atoms in total. The predicted octanol–water partition coefficient (Wildman–Crippen LogP) is 3.57. The molecule has 4 rings (SSSR count). The minimum atomic E-state index is -0.733. The third-order valence-electron chi connectivity index (χ3n) is 4.86. The molecule has 0 unspecified atom stereocenters. The fourth-order valence-corrected chi connectivity index (χ4v) is 3.32. The van der Waals surface area contributed by atoms with E-state index < -0.39 is 11.9 Å². The van der Waals surface area contributed by atoms with Gasteiger partial charge in [-0.3, -0.25) is 4.79 Å². The van der Waals surface area contributed by atoms with Crippen molar-refractivity contribution in [2.24, 2.45) is 7.05 Å². The highest BCUT2D eigenvalue weighted by molar-refractivity contribution is 5.95. The van der Waals surface area contributed by atoms with Crippen LogP contribution in [0.3, 0.4) is 0 Å². The average molecular weight is 389 g/mol. The van der Waals surface area contributed by atoms with Crippen molar-refractivity contribution in [3.05, 3.63) is 102 Å². The van der Waals surface area contributed by atoms with Crippen LogP contribution in [-0.2, 0) is 7.05 Å². The fraction of sp³-hybridized carbons (Fsp3) is 0.136. The monoisotopic (exact) mass is 389 g/mol. The van der Waals surface area contributed by atoms with Gasteiger partial charge in [-0.1, -0.05) is 36.4 Å². The van der Waals surface area contributed by atoms with Crippen LogP contribution in [0.1, 0.15) is 33.5 Å². The van der Waals surface area contributed by atoms with E-state index in [0.29, 0.717) is 22.6 Å². The lowest BCUT2D eigenvalue weighted by molar-refractivity contribution is 0.0940. The molecule has 0 fully saturated rings. The molecule has 0 aliphatic carbocycles. The number of aromatic nitrogens is 4. The fourth-order valence-electron chi connectivity index (χ4n) is 3.32. The smallest absolute Gasteiger partial charge is 0.255 e. The van der Waals surface area contributed by atoms with Crippen molar-refractivity contribution in [3.8, 4) is 5.69 Å². The third-order valence-corrected chi connectivity index (χ3v) is 4.86. The first-order chi connectivity index (χ1) is 14.1. The highest BCUT2D eigenvalue weighted by Crippen LogP contribution is 2.24.